The lowest BCUT2D eigenvalue weighted by Crippen LogP contribution is -2.40. The maximum Gasteiger partial charge on any atom is 0.331 e. The van der Waals surface area contributed by atoms with Gasteiger partial charge < -0.3 is 0 Å². The van der Waals surface area contributed by atoms with E-state index in [1.165, 1.54) is 10.6 Å². The number of hydroxylamine groups is 1. The van der Waals surface area contributed by atoms with E-state index in [1.807, 2.05) is 60.7 Å². The first-order chi connectivity index (χ1) is 16.1. The molecule has 0 aliphatic heterocycles. The highest BCUT2D eigenvalue weighted by molar-refractivity contribution is 5.90. The molecule has 2 N–H and O–H groups in total. The normalized spacial score (nSPS) is 11.2. The lowest BCUT2D eigenvalue weighted by molar-refractivity contribution is -0.124. The zero-order valence-electron chi connectivity index (χ0n) is 17.8. The molecule has 1 heterocycles. The first-order valence-electron chi connectivity index (χ1n) is 10.5. The minimum absolute atomic E-state index is 0.287. The van der Waals surface area contributed by atoms with Gasteiger partial charge in [0.1, 0.15) is 0 Å². The average Bonchev–Trinajstić information content (AvgIpc) is 2.86. The van der Waals surface area contributed by atoms with E-state index in [0.717, 1.165) is 16.7 Å². The van der Waals surface area contributed by atoms with E-state index >= 15 is 0 Å². The fraction of sp³-hybridized carbons (Fsp3) is 0.115. The van der Waals surface area contributed by atoms with Crippen molar-refractivity contribution in [1.29, 1.82) is 0 Å². The van der Waals surface area contributed by atoms with E-state index < -0.39 is 5.91 Å². The fourth-order valence-corrected chi connectivity index (χ4v) is 3.73. The summed E-state index contributed by atoms with van der Waals surface area (Å²) < 4.78 is 2.92. The van der Waals surface area contributed by atoms with Gasteiger partial charge in [0.05, 0.1) is 17.4 Å². The third-order valence-corrected chi connectivity index (χ3v) is 5.46. The molecular formula is C26H23N3O4. The van der Waals surface area contributed by atoms with Gasteiger partial charge in [-0.05, 0) is 41.3 Å². The number of benzene rings is 3. The van der Waals surface area contributed by atoms with Crippen molar-refractivity contribution in [2.24, 2.45) is 0 Å². The fourth-order valence-electron chi connectivity index (χ4n) is 3.73. The number of amides is 1. The molecule has 33 heavy (non-hydrogen) atoms. The predicted molar refractivity (Wildman–Crippen MR) is 127 cm³/mol. The van der Waals surface area contributed by atoms with E-state index in [4.69, 9.17) is 5.21 Å². The van der Waals surface area contributed by atoms with Crippen molar-refractivity contribution in [3.05, 3.63) is 122 Å². The Hall–Kier alpha value is -4.23. The molecule has 1 aromatic heterocycles. The molecule has 0 aliphatic carbocycles. The van der Waals surface area contributed by atoms with Crippen LogP contribution in [0.25, 0.3) is 17.0 Å². The van der Waals surface area contributed by atoms with Crippen molar-refractivity contribution in [2.45, 2.75) is 19.5 Å². The molecule has 166 valence electrons. The van der Waals surface area contributed by atoms with Gasteiger partial charge in [-0.15, -0.1) is 0 Å². The van der Waals surface area contributed by atoms with Crippen LogP contribution in [0.4, 0.5) is 0 Å². The average molecular weight is 441 g/mol. The van der Waals surface area contributed by atoms with Crippen LogP contribution in [0, 0.1) is 0 Å². The summed E-state index contributed by atoms with van der Waals surface area (Å²) in [6.45, 7) is 0.593. The standard InChI is InChI=1S/C26H23N3O4/c30-24(27-33)15-14-20-10-12-21(13-11-20)18-29-23-9-5-4-8-22(23)25(31)28(26(29)32)17-16-19-6-2-1-3-7-19/h1-15,33H,16-18H2,(H,27,30)/b15-14+. The summed E-state index contributed by atoms with van der Waals surface area (Å²) in [6.07, 6.45) is 3.37. The largest absolute Gasteiger partial charge is 0.331 e. The van der Waals surface area contributed by atoms with Crippen molar-refractivity contribution in [1.82, 2.24) is 14.6 Å². The quantitative estimate of drug-likeness (QED) is 0.262. The van der Waals surface area contributed by atoms with Crippen LogP contribution >= 0.6 is 0 Å². The predicted octanol–water partition coefficient (Wildman–Crippen LogP) is 2.97. The number of carbonyl (C=O) groups is 1. The minimum Gasteiger partial charge on any atom is -0.289 e. The monoisotopic (exact) mass is 441 g/mol. The highest BCUT2D eigenvalue weighted by Gasteiger charge is 2.13. The van der Waals surface area contributed by atoms with Gasteiger partial charge in [-0.1, -0.05) is 66.7 Å². The zero-order chi connectivity index (χ0) is 23.2. The molecule has 7 nitrogen and oxygen atoms in total. The number of aromatic nitrogens is 2. The van der Waals surface area contributed by atoms with E-state index in [1.54, 1.807) is 34.3 Å². The summed E-state index contributed by atoms with van der Waals surface area (Å²) in [5, 5.41) is 9.07. The van der Waals surface area contributed by atoms with Crippen LogP contribution in [0.5, 0.6) is 0 Å². The zero-order valence-corrected chi connectivity index (χ0v) is 17.8. The molecule has 4 aromatic rings. The van der Waals surface area contributed by atoms with E-state index in [9.17, 15) is 14.4 Å². The number of fused-ring (bicyclic) bond motifs is 1. The summed E-state index contributed by atoms with van der Waals surface area (Å²) >= 11 is 0. The third kappa shape index (κ3) is 4.99. The van der Waals surface area contributed by atoms with Crippen LogP contribution < -0.4 is 16.7 Å². The molecule has 0 radical (unpaired) electrons. The highest BCUT2D eigenvalue weighted by Crippen LogP contribution is 2.12. The summed E-state index contributed by atoms with van der Waals surface area (Å²) in [4.78, 5) is 37.6. The second-order valence-electron chi connectivity index (χ2n) is 7.63. The van der Waals surface area contributed by atoms with E-state index in [2.05, 4.69) is 0 Å². The van der Waals surface area contributed by atoms with Gasteiger partial charge >= 0.3 is 5.69 Å². The molecule has 3 aromatic carbocycles. The Labute approximate surface area is 189 Å². The highest BCUT2D eigenvalue weighted by atomic mass is 16.5. The third-order valence-electron chi connectivity index (χ3n) is 5.46. The van der Waals surface area contributed by atoms with Crippen LogP contribution in [0.3, 0.4) is 0 Å². The Morgan fingerprint density at radius 2 is 1.55 bits per heavy atom. The molecular weight excluding hydrogens is 418 g/mol. The van der Waals surface area contributed by atoms with Gasteiger partial charge in [-0.3, -0.25) is 23.9 Å². The Kier molecular flexibility index (Phi) is 6.61. The maximum atomic E-state index is 13.4. The van der Waals surface area contributed by atoms with Crippen LogP contribution in [0.15, 0.2) is 94.5 Å². The summed E-state index contributed by atoms with van der Waals surface area (Å²) in [5.41, 5.74) is 4.20. The summed E-state index contributed by atoms with van der Waals surface area (Å²) in [5.74, 6) is -0.616. The second kappa shape index (κ2) is 9.93. The van der Waals surface area contributed by atoms with Crippen LogP contribution in [-0.4, -0.2) is 20.2 Å². The Balaban J connectivity index is 1.68. The SMILES string of the molecule is O=C(/C=C/c1ccc(Cn2c(=O)n(CCc3ccccc3)c(=O)c3ccccc32)cc1)NO. The maximum absolute atomic E-state index is 13.4. The van der Waals surface area contributed by atoms with Crippen molar-refractivity contribution in [3.8, 4) is 0 Å². The Morgan fingerprint density at radius 1 is 0.848 bits per heavy atom. The smallest absolute Gasteiger partial charge is 0.289 e. The van der Waals surface area contributed by atoms with Crippen molar-refractivity contribution >= 4 is 22.9 Å². The van der Waals surface area contributed by atoms with Crippen LogP contribution in [0.1, 0.15) is 16.7 Å². The van der Waals surface area contributed by atoms with Crippen molar-refractivity contribution < 1.29 is 10.0 Å². The summed E-state index contributed by atoms with van der Waals surface area (Å²) in [7, 11) is 0. The molecule has 0 fully saturated rings. The second-order valence-corrected chi connectivity index (χ2v) is 7.63. The number of nitrogens with one attached hydrogen (secondary N) is 1. The molecule has 0 saturated heterocycles. The van der Waals surface area contributed by atoms with Gasteiger partial charge in [-0.2, -0.15) is 0 Å². The Morgan fingerprint density at radius 3 is 2.27 bits per heavy atom. The lowest BCUT2D eigenvalue weighted by atomic mass is 10.1. The summed E-state index contributed by atoms with van der Waals surface area (Å²) in [6, 6.07) is 24.2. The number of rotatable bonds is 7. The van der Waals surface area contributed by atoms with Gasteiger partial charge in [0.2, 0.25) is 0 Å². The van der Waals surface area contributed by atoms with Crippen LogP contribution in [0.2, 0.25) is 0 Å². The molecule has 0 bridgehead atoms. The minimum atomic E-state index is -0.616. The number of aryl methyl sites for hydroxylation is 1. The topological polar surface area (TPSA) is 93.3 Å². The molecule has 0 saturated carbocycles. The van der Waals surface area contributed by atoms with Crippen molar-refractivity contribution in [2.75, 3.05) is 0 Å². The number of para-hydroxylation sites is 1. The van der Waals surface area contributed by atoms with E-state index in [-0.39, 0.29) is 11.2 Å². The number of nitrogens with zero attached hydrogens (tertiary/aromatic N) is 2. The number of hydrogen-bond donors (Lipinski definition) is 2. The first kappa shape index (κ1) is 22.0. The molecule has 0 atom stereocenters. The molecule has 0 unspecified atom stereocenters. The van der Waals surface area contributed by atoms with Crippen molar-refractivity contribution in [3.63, 3.8) is 0 Å². The number of carbonyl (C=O) groups excluding carboxylic acids is 1. The Bertz CT molecular complexity index is 1420. The number of hydrogen-bond acceptors (Lipinski definition) is 4. The van der Waals surface area contributed by atoms with Crippen LogP contribution in [-0.2, 0) is 24.3 Å². The first-order valence-corrected chi connectivity index (χ1v) is 10.5. The molecule has 0 spiro atoms. The van der Waals surface area contributed by atoms with E-state index in [0.29, 0.717) is 30.4 Å². The molecule has 1 amide bonds. The van der Waals surface area contributed by atoms with Gasteiger partial charge in [0.15, 0.2) is 0 Å². The molecule has 7 heteroatoms. The van der Waals surface area contributed by atoms with Gasteiger partial charge in [0, 0.05) is 12.6 Å². The molecule has 4 rings (SSSR count). The van der Waals surface area contributed by atoms with Gasteiger partial charge in [-0.25, -0.2) is 10.3 Å². The van der Waals surface area contributed by atoms with Gasteiger partial charge in [0.25, 0.3) is 11.5 Å². The lowest BCUT2D eigenvalue weighted by Gasteiger charge is -2.14. The molecule has 0 aliphatic rings.